The SMILES string of the molecule is Cl.O=C(CCC1CCNCC1)N1CCCCCC1. The second-order valence-electron chi connectivity index (χ2n) is 5.53. The van der Waals surface area contributed by atoms with Crippen LogP contribution < -0.4 is 5.32 Å². The summed E-state index contributed by atoms with van der Waals surface area (Å²) in [5.41, 5.74) is 0. The predicted octanol–water partition coefficient (Wildman–Crippen LogP) is 2.59. The van der Waals surface area contributed by atoms with Gasteiger partial charge in [0.15, 0.2) is 0 Å². The molecular formula is C14H27ClN2O. The zero-order valence-electron chi connectivity index (χ0n) is 11.3. The van der Waals surface area contributed by atoms with Crippen LogP contribution in [0.2, 0.25) is 0 Å². The maximum Gasteiger partial charge on any atom is 0.222 e. The molecule has 1 N–H and O–H groups in total. The molecule has 2 heterocycles. The van der Waals surface area contributed by atoms with Crippen molar-refractivity contribution >= 4 is 18.3 Å². The van der Waals surface area contributed by atoms with Gasteiger partial charge in [-0.2, -0.15) is 0 Å². The molecule has 106 valence electrons. The van der Waals surface area contributed by atoms with Gasteiger partial charge < -0.3 is 10.2 Å². The van der Waals surface area contributed by atoms with Crippen LogP contribution in [0.25, 0.3) is 0 Å². The summed E-state index contributed by atoms with van der Waals surface area (Å²) in [6.07, 6.45) is 9.43. The zero-order valence-corrected chi connectivity index (χ0v) is 12.1. The molecule has 0 atom stereocenters. The highest BCUT2D eigenvalue weighted by molar-refractivity contribution is 5.85. The Kier molecular flexibility index (Phi) is 7.68. The molecule has 0 aromatic rings. The van der Waals surface area contributed by atoms with Crippen LogP contribution in [-0.2, 0) is 4.79 Å². The van der Waals surface area contributed by atoms with Gasteiger partial charge in [-0.25, -0.2) is 0 Å². The molecule has 0 aromatic heterocycles. The number of halogens is 1. The Hall–Kier alpha value is -0.280. The van der Waals surface area contributed by atoms with Crippen LogP contribution in [0.1, 0.15) is 51.4 Å². The van der Waals surface area contributed by atoms with Crippen molar-refractivity contribution < 1.29 is 4.79 Å². The fourth-order valence-corrected chi connectivity index (χ4v) is 2.98. The Morgan fingerprint density at radius 3 is 2.28 bits per heavy atom. The number of likely N-dealkylation sites (tertiary alicyclic amines) is 1. The highest BCUT2D eigenvalue weighted by Gasteiger charge is 2.18. The van der Waals surface area contributed by atoms with Crippen molar-refractivity contribution in [2.45, 2.75) is 51.4 Å². The summed E-state index contributed by atoms with van der Waals surface area (Å²) in [6.45, 7) is 4.29. The smallest absolute Gasteiger partial charge is 0.222 e. The molecule has 2 aliphatic rings. The van der Waals surface area contributed by atoms with Crippen LogP contribution in [0.5, 0.6) is 0 Å². The predicted molar refractivity (Wildman–Crippen MR) is 77.1 cm³/mol. The van der Waals surface area contributed by atoms with Crippen molar-refractivity contribution in [1.29, 1.82) is 0 Å². The maximum atomic E-state index is 12.1. The van der Waals surface area contributed by atoms with Crippen molar-refractivity contribution in [2.75, 3.05) is 26.2 Å². The molecule has 3 nitrogen and oxygen atoms in total. The quantitative estimate of drug-likeness (QED) is 0.858. The molecule has 0 radical (unpaired) electrons. The number of rotatable bonds is 3. The van der Waals surface area contributed by atoms with Crippen molar-refractivity contribution in [3.63, 3.8) is 0 Å². The van der Waals surface area contributed by atoms with Crippen LogP contribution in [0.3, 0.4) is 0 Å². The second kappa shape index (κ2) is 8.76. The first kappa shape index (κ1) is 15.8. The van der Waals surface area contributed by atoms with E-state index in [1.54, 1.807) is 0 Å². The van der Waals surface area contributed by atoms with Gasteiger partial charge in [0.25, 0.3) is 0 Å². The minimum absolute atomic E-state index is 0. The molecule has 0 spiro atoms. The van der Waals surface area contributed by atoms with Gasteiger partial charge in [0.05, 0.1) is 0 Å². The van der Waals surface area contributed by atoms with Crippen LogP contribution in [0.4, 0.5) is 0 Å². The molecule has 0 unspecified atom stereocenters. The van der Waals surface area contributed by atoms with Crippen molar-refractivity contribution in [3.05, 3.63) is 0 Å². The minimum Gasteiger partial charge on any atom is -0.343 e. The fraction of sp³-hybridized carbons (Fsp3) is 0.929. The van der Waals surface area contributed by atoms with E-state index in [1.807, 2.05) is 0 Å². The van der Waals surface area contributed by atoms with E-state index < -0.39 is 0 Å². The Bertz CT molecular complexity index is 234. The van der Waals surface area contributed by atoms with Crippen molar-refractivity contribution in [1.82, 2.24) is 10.2 Å². The second-order valence-corrected chi connectivity index (χ2v) is 5.53. The van der Waals surface area contributed by atoms with Gasteiger partial charge in [-0.05, 0) is 51.1 Å². The first-order chi connectivity index (χ1) is 8.36. The molecule has 1 amide bonds. The van der Waals surface area contributed by atoms with E-state index >= 15 is 0 Å². The molecule has 0 saturated carbocycles. The average molecular weight is 275 g/mol. The van der Waals surface area contributed by atoms with Crippen LogP contribution >= 0.6 is 12.4 Å². The first-order valence-electron chi connectivity index (χ1n) is 7.35. The number of carbonyl (C=O) groups excluding carboxylic acids is 1. The summed E-state index contributed by atoms with van der Waals surface area (Å²) in [6, 6.07) is 0. The summed E-state index contributed by atoms with van der Waals surface area (Å²) in [5, 5.41) is 3.38. The van der Waals surface area contributed by atoms with E-state index in [0.29, 0.717) is 5.91 Å². The van der Waals surface area contributed by atoms with Crippen LogP contribution in [0, 0.1) is 5.92 Å². The van der Waals surface area contributed by atoms with Gasteiger partial charge >= 0.3 is 0 Å². The Labute approximate surface area is 117 Å². The molecule has 2 saturated heterocycles. The van der Waals surface area contributed by atoms with Crippen molar-refractivity contribution in [3.8, 4) is 0 Å². The van der Waals surface area contributed by atoms with E-state index in [-0.39, 0.29) is 12.4 Å². The van der Waals surface area contributed by atoms with Gasteiger partial charge in [0, 0.05) is 19.5 Å². The Morgan fingerprint density at radius 2 is 1.67 bits per heavy atom. The van der Waals surface area contributed by atoms with E-state index in [1.165, 1.54) is 38.5 Å². The monoisotopic (exact) mass is 274 g/mol. The van der Waals surface area contributed by atoms with E-state index in [2.05, 4.69) is 10.2 Å². The lowest BCUT2D eigenvalue weighted by Gasteiger charge is -2.24. The zero-order chi connectivity index (χ0) is 11.9. The number of carbonyl (C=O) groups is 1. The lowest BCUT2D eigenvalue weighted by Crippen LogP contribution is -2.33. The molecular weight excluding hydrogens is 248 g/mol. The van der Waals surface area contributed by atoms with Gasteiger partial charge in [-0.3, -0.25) is 4.79 Å². The first-order valence-corrected chi connectivity index (χ1v) is 7.35. The molecule has 0 aliphatic carbocycles. The normalized spacial score (nSPS) is 22.1. The number of hydrogen-bond donors (Lipinski definition) is 1. The minimum atomic E-state index is 0. The Morgan fingerprint density at radius 1 is 1.06 bits per heavy atom. The van der Waals surface area contributed by atoms with Crippen LogP contribution in [0.15, 0.2) is 0 Å². The topological polar surface area (TPSA) is 32.3 Å². The number of hydrogen-bond acceptors (Lipinski definition) is 2. The highest BCUT2D eigenvalue weighted by atomic mass is 35.5. The molecule has 0 aromatic carbocycles. The lowest BCUT2D eigenvalue weighted by molar-refractivity contribution is -0.131. The third kappa shape index (κ3) is 5.15. The van der Waals surface area contributed by atoms with Gasteiger partial charge in [0.1, 0.15) is 0 Å². The average Bonchev–Trinajstić information content (AvgIpc) is 2.66. The highest BCUT2D eigenvalue weighted by Crippen LogP contribution is 2.19. The lowest BCUT2D eigenvalue weighted by atomic mass is 9.93. The van der Waals surface area contributed by atoms with E-state index in [0.717, 1.165) is 44.9 Å². The van der Waals surface area contributed by atoms with Crippen LogP contribution in [-0.4, -0.2) is 37.0 Å². The molecule has 2 rings (SSSR count). The fourth-order valence-electron chi connectivity index (χ4n) is 2.98. The summed E-state index contributed by atoms with van der Waals surface area (Å²) in [4.78, 5) is 14.2. The largest absolute Gasteiger partial charge is 0.343 e. The molecule has 2 fully saturated rings. The van der Waals surface area contributed by atoms with E-state index in [9.17, 15) is 4.79 Å². The summed E-state index contributed by atoms with van der Waals surface area (Å²) in [5.74, 6) is 1.19. The number of nitrogens with zero attached hydrogens (tertiary/aromatic N) is 1. The summed E-state index contributed by atoms with van der Waals surface area (Å²) >= 11 is 0. The number of nitrogens with one attached hydrogen (secondary N) is 1. The number of amides is 1. The Balaban J connectivity index is 0.00000162. The summed E-state index contributed by atoms with van der Waals surface area (Å²) in [7, 11) is 0. The summed E-state index contributed by atoms with van der Waals surface area (Å²) < 4.78 is 0. The van der Waals surface area contributed by atoms with E-state index in [4.69, 9.17) is 0 Å². The molecule has 0 bridgehead atoms. The third-order valence-electron chi connectivity index (χ3n) is 4.18. The standard InChI is InChI=1S/C14H26N2O.ClH/c17-14(16-11-3-1-2-4-12-16)6-5-13-7-9-15-10-8-13;/h13,15H,1-12H2;1H. The number of piperidine rings is 1. The molecule has 18 heavy (non-hydrogen) atoms. The molecule has 2 aliphatic heterocycles. The van der Waals surface area contributed by atoms with Gasteiger partial charge in [-0.15, -0.1) is 12.4 Å². The van der Waals surface area contributed by atoms with Gasteiger partial charge in [-0.1, -0.05) is 12.8 Å². The third-order valence-corrected chi connectivity index (χ3v) is 4.18. The van der Waals surface area contributed by atoms with Gasteiger partial charge in [0.2, 0.25) is 5.91 Å². The van der Waals surface area contributed by atoms with Crippen molar-refractivity contribution in [2.24, 2.45) is 5.92 Å². The maximum absolute atomic E-state index is 12.1. The molecule has 4 heteroatoms.